The minimum Gasteiger partial charge on any atom is -0.471 e. The summed E-state index contributed by atoms with van der Waals surface area (Å²) in [4.78, 5) is 15.0. The fourth-order valence-electron chi connectivity index (χ4n) is 1.65. The number of nitrogens with zero attached hydrogens (tertiary/aromatic N) is 3. The van der Waals surface area contributed by atoms with Crippen LogP contribution in [0.1, 0.15) is 5.56 Å². The van der Waals surface area contributed by atoms with Crippen molar-refractivity contribution in [1.29, 1.82) is 0 Å². The lowest BCUT2D eigenvalue weighted by Gasteiger charge is -2.07. The highest BCUT2D eigenvalue weighted by Gasteiger charge is 2.10. The highest BCUT2D eigenvalue weighted by molar-refractivity contribution is 9.10. The number of nitrogens with one attached hydrogen (secondary N) is 1. The van der Waals surface area contributed by atoms with Crippen molar-refractivity contribution < 1.29 is 4.74 Å². The molecule has 1 N–H and O–H groups in total. The third-order valence-corrected chi connectivity index (χ3v) is 3.49. The maximum absolute atomic E-state index is 5.83. The number of hydrogen-bond donors (Lipinski definition) is 1. The van der Waals surface area contributed by atoms with Crippen molar-refractivity contribution in [3.63, 3.8) is 0 Å². The number of ether oxygens (including phenoxy) is 1. The zero-order valence-electron chi connectivity index (χ0n) is 9.60. The van der Waals surface area contributed by atoms with Gasteiger partial charge in [0.05, 0.1) is 6.33 Å². The molecule has 0 aliphatic carbocycles. The average molecular weight is 340 g/mol. The third-order valence-electron chi connectivity index (χ3n) is 2.55. The molecule has 5 nitrogen and oxygen atoms in total. The molecule has 19 heavy (non-hydrogen) atoms. The van der Waals surface area contributed by atoms with Gasteiger partial charge in [0.15, 0.2) is 5.65 Å². The molecule has 0 fully saturated rings. The van der Waals surface area contributed by atoms with E-state index in [0.717, 1.165) is 10.0 Å². The maximum Gasteiger partial charge on any atom is 0.244 e. The van der Waals surface area contributed by atoms with E-state index in [1.807, 2.05) is 24.3 Å². The van der Waals surface area contributed by atoms with Crippen LogP contribution in [-0.2, 0) is 6.61 Å². The molecule has 0 saturated carbocycles. The molecule has 96 valence electrons. The van der Waals surface area contributed by atoms with Crippen LogP contribution in [0.4, 0.5) is 0 Å². The lowest BCUT2D eigenvalue weighted by atomic mass is 10.2. The van der Waals surface area contributed by atoms with Crippen LogP contribution in [0.2, 0.25) is 5.28 Å². The van der Waals surface area contributed by atoms with E-state index in [1.165, 1.54) is 6.33 Å². The Morgan fingerprint density at radius 2 is 2.11 bits per heavy atom. The van der Waals surface area contributed by atoms with Crippen molar-refractivity contribution in [2.24, 2.45) is 0 Å². The molecule has 0 radical (unpaired) electrons. The van der Waals surface area contributed by atoms with Crippen molar-refractivity contribution in [3.8, 4) is 5.88 Å². The monoisotopic (exact) mass is 338 g/mol. The van der Waals surface area contributed by atoms with Crippen LogP contribution in [0.5, 0.6) is 5.88 Å². The lowest BCUT2D eigenvalue weighted by Crippen LogP contribution is -2.00. The molecule has 1 aromatic carbocycles. The average Bonchev–Trinajstić information content (AvgIpc) is 2.85. The van der Waals surface area contributed by atoms with E-state index >= 15 is 0 Å². The van der Waals surface area contributed by atoms with Crippen molar-refractivity contribution in [2.45, 2.75) is 6.61 Å². The van der Waals surface area contributed by atoms with Gasteiger partial charge in [-0.1, -0.05) is 34.1 Å². The molecular formula is C12H8BrClN4O. The van der Waals surface area contributed by atoms with Gasteiger partial charge in [0, 0.05) is 10.0 Å². The van der Waals surface area contributed by atoms with E-state index < -0.39 is 0 Å². The molecular weight excluding hydrogens is 332 g/mol. The number of benzene rings is 1. The maximum atomic E-state index is 5.83. The summed E-state index contributed by atoms with van der Waals surface area (Å²) in [6.07, 6.45) is 1.53. The zero-order valence-corrected chi connectivity index (χ0v) is 11.9. The minimum absolute atomic E-state index is 0.113. The second-order valence-electron chi connectivity index (χ2n) is 3.78. The number of halogens is 2. The smallest absolute Gasteiger partial charge is 0.244 e. The molecule has 0 bridgehead atoms. The predicted octanol–water partition coefficient (Wildman–Crippen LogP) is 3.35. The molecule has 3 aromatic rings. The van der Waals surface area contributed by atoms with Crippen LogP contribution in [0.15, 0.2) is 35.1 Å². The molecule has 2 heterocycles. The normalized spacial score (nSPS) is 10.8. The molecule has 0 unspecified atom stereocenters. The van der Waals surface area contributed by atoms with Gasteiger partial charge in [-0.3, -0.25) is 0 Å². The molecule has 0 amide bonds. The van der Waals surface area contributed by atoms with Gasteiger partial charge in [0.25, 0.3) is 0 Å². The van der Waals surface area contributed by atoms with Gasteiger partial charge in [-0.15, -0.1) is 0 Å². The summed E-state index contributed by atoms with van der Waals surface area (Å²) in [5.41, 5.74) is 2.14. The largest absolute Gasteiger partial charge is 0.471 e. The van der Waals surface area contributed by atoms with Crippen LogP contribution in [0.25, 0.3) is 11.2 Å². The Kier molecular flexibility index (Phi) is 3.35. The molecule has 0 atom stereocenters. The Balaban J connectivity index is 1.90. The lowest BCUT2D eigenvalue weighted by molar-refractivity contribution is 0.296. The Hall–Kier alpha value is -1.66. The first-order valence-corrected chi connectivity index (χ1v) is 6.64. The van der Waals surface area contributed by atoms with Gasteiger partial charge in [0.2, 0.25) is 11.2 Å². The molecule has 0 aliphatic rings. The molecule has 7 heteroatoms. The topological polar surface area (TPSA) is 63.7 Å². The van der Waals surface area contributed by atoms with Crippen LogP contribution >= 0.6 is 27.5 Å². The van der Waals surface area contributed by atoms with E-state index in [4.69, 9.17) is 16.3 Å². The van der Waals surface area contributed by atoms with Crippen molar-refractivity contribution in [1.82, 2.24) is 19.9 Å². The standard InChI is InChI=1S/C12H8BrClN4O/c13-8-4-2-1-3-7(8)5-19-11-9-10(16-6-15-9)17-12(14)18-11/h1-4,6H,5H2,(H,15,16,17,18). The summed E-state index contributed by atoms with van der Waals surface area (Å²) in [6, 6.07) is 7.82. The van der Waals surface area contributed by atoms with Crippen LogP contribution < -0.4 is 4.74 Å². The summed E-state index contributed by atoms with van der Waals surface area (Å²) >= 11 is 9.30. The van der Waals surface area contributed by atoms with Crippen molar-refractivity contribution in [2.75, 3.05) is 0 Å². The SMILES string of the molecule is Clc1nc(OCc2ccccc2Br)c2[nH]cnc2n1. The Morgan fingerprint density at radius 1 is 1.26 bits per heavy atom. The molecule has 0 saturated heterocycles. The van der Waals surface area contributed by atoms with Gasteiger partial charge in [-0.2, -0.15) is 9.97 Å². The van der Waals surface area contributed by atoms with E-state index in [1.54, 1.807) is 0 Å². The van der Waals surface area contributed by atoms with E-state index in [-0.39, 0.29) is 5.28 Å². The number of fused-ring (bicyclic) bond motifs is 1. The fraction of sp³-hybridized carbons (Fsp3) is 0.0833. The van der Waals surface area contributed by atoms with Gasteiger partial charge in [-0.05, 0) is 17.7 Å². The molecule has 2 aromatic heterocycles. The fourth-order valence-corrected chi connectivity index (χ4v) is 2.20. The number of aromatic amines is 1. The first kappa shape index (κ1) is 12.4. The minimum atomic E-state index is 0.113. The summed E-state index contributed by atoms with van der Waals surface area (Å²) in [7, 11) is 0. The van der Waals surface area contributed by atoms with E-state index in [2.05, 4.69) is 35.9 Å². The highest BCUT2D eigenvalue weighted by atomic mass is 79.9. The molecule has 0 aliphatic heterocycles. The van der Waals surface area contributed by atoms with Crippen molar-refractivity contribution >= 4 is 38.7 Å². The Bertz CT molecular complexity index is 731. The number of aromatic nitrogens is 4. The predicted molar refractivity (Wildman–Crippen MR) is 75.2 cm³/mol. The summed E-state index contributed by atoms with van der Waals surface area (Å²) in [6.45, 7) is 0.378. The summed E-state index contributed by atoms with van der Waals surface area (Å²) in [5, 5.41) is 0.113. The number of hydrogen-bond acceptors (Lipinski definition) is 4. The van der Waals surface area contributed by atoms with Crippen LogP contribution in [0.3, 0.4) is 0 Å². The number of H-pyrrole nitrogens is 1. The quantitative estimate of drug-likeness (QED) is 0.743. The molecule has 3 rings (SSSR count). The first-order valence-electron chi connectivity index (χ1n) is 5.47. The second kappa shape index (κ2) is 5.14. The van der Waals surface area contributed by atoms with Gasteiger partial charge in [0.1, 0.15) is 12.1 Å². The van der Waals surface area contributed by atoms with Gasteiger partial charge >= 0.3 is 0 Å². The van der Waals surface area contributed by atoms with Crippen LogP contribution in [-0.4, -0.2) is 19.9 Å². The van der Waals surface area contributed by atoms with Gasteiger partial charge in [-0.25, -0.2) is 4.98 Å². The zero-order chi connectivity index (χ0) is 13.2. The first-order chi connectivity index (χ1) is 9.24. The third kappa shape index (κ3) is 2.54. The number of rotatable bonds is 3. The van der Waals surface area contributed by atoms with Gasteiger partial charge < -0.3 is 9.72 Å². The van der Waals surface area contributed by atoms with E-state index in [9.17, 15) is 0 Å². The van der Waals surface area contributed by atoms with Crippen molar-refractivity contribution in [3.05, 3.63) is 45.9 Å². The second-order valence-corrected chi connectivity index (χ2v) is 4.97. The summed E-state index contributed by atoms with van der Waals surface area (Å²) in [5.74, 6) is 0.392. The van der Waals surface area contributed by atoms with E-state index in [0.29, 0.717) is 23.7 Å². The highest BCUT2D eigenvalue weighted by Crippen LogP contribution is 2.23. The summed E-state index contributed by atoms with van der Waals surface area (Å²) < 4.78 is 6.67. The Morgan fingerprint density at radius 3 is 2.95 bits per heavy atom. The van der Waals surface area contributed by atoms with Crippen LogP contribution in [0, 0.1) is 0 Å². The number of imidazole rings is 1. The molecule has 0 spiro atoms. The Labute approximate surface area is 122 Å².